The van der Waals surface area contributed by atoms with Crippen LogP contribution in [-0.4, -0.2) is 130 Å². The molecule has 0 saturated carbocycles. The second-order valence-electron chi connectivity index (χ2n) is 6.16. The molecule has 10 nitrogen and oxygen atoms in total. The van der Waals surface area contributed by atoms with Crippen LogP contribution in [0.25, 0.3) is 0 Å². The molecular weight excluding hydrogens is 396 g/mol. The lowest BCUT2D eigenvalue weighted by molar-refractivity contribution is -0.118. The van der Waals surface area contributed by atoms with E-state index in [4.69, 9.17) is 33.2 Å². The highest BCUT2D eigenvalue weighted by molar-refractivity contribution is 5.46. The van der Waals surface area contributed by atoms with Gasteiger partial charge in [0, 0.05) is 26.7 Å². The Morgan fingerprint density at radius 2 is 1.03 bits per heavy atom. The van der Waals surface area contributed by atoms with Crippen LogP contribution in [0, 0.1) is 0 Å². The molecule has 0 radical (unpaired) electrons. The number of methoxy groups -OCH3 is 1. The maximum absolute atomic E-state index is 10.9. The molecule has 0 aromatic heterocycles. The van der Waals surface area contributed by atoms with Gasteiger partial charge < -0.3 is 43.4 Å². The first-order valence-corrected chi connectivity index (χ1v) is 10.7. The number of rotatable bonds is 26. The lowest BCUT2D eigenvalue weighted by atomic mass is 10.5. The minimum Gasteiger partial charge on any atom is -0.382 e. The summed E-state index contributed by atoms with van der Waals surface area (Å²) >= 11 is 0. The smallest absolute Gasteiger partial charge is 0.209 e. The monoisotopic (exact) mass is 438 g/mol. The first-order chi connectivity index (χ1) is 14.8. The highest BCUT2D eigenvalue weighted by Gasteiger charge is 2.00. The van der Waals surface area contributed by atoms with Gasteiger partial charge in [0.2, 0.25) is 6.41 Å². The van der Waals surface area contributed by atoms with E-state index in [1.165, 1.54) is 0 Å². The Morgan fingerprint density at radius 3 is 1.40 bits per heavy atom. The minimum atomic E-state index is 0.500. The molecule has 30 heavy (non-hydrogen) atoms. The summed E-state index contributed by atoms with van der Waals surface area (Å²) < 4.78 is 37.2. The number of hydrogen-bond acceptors (Lipinski definition) is 9. The summed E-state index contributed by atoms with van der Waals surface area (Å²) in [6.45, 7) is 12.0. The molecule has 0 atom stereocenters. The van der Waals surface area contributed by atoms with E-state index in [0.717, 1.165) is 19.5 Å². The summed E-state index contributed by atoms with van der Waals surface area (Å²) in [5, 5.41) is 3.18. The number of nitrogens with zero attached hydrogens (tertiary/aromatic N) is 1. The zero-order valence-electron chi connectivity index (χ0n) is 18.8. The maximum atomic E-state index is 10.9. The van der Waals surface area contributed by atoms with Gasteiger partial charge in [-0.2, -0.15) is 0 Å². The number of hydrogen-bond donors (Lipinski definition) is 1. The lowest BCUT2D eigenvalue weighted by Crippen LogP contribution is -2.33. The normalized spacial score (nSPS) is 11.1. The zero-order valence-corrected chi connectivity index (χ0v) is 18.8. The van der Waals surface area contributed by atoms with Crippen molar-refractivity contribution < 1.29 is 38.0 Å². The molecule has 0 aliphatic carbocycles. The van der Waals surface area contributed by atoms with Gasteiger partial charge in [0.1, 0.15) is 0 Å². The van der Waals surface area contributed by atoms with Crippen molar-refractivity contribution in [2.45, 2.75) is 6.92 Å². The predicted molar refractivity (Wildman–Crippen MR) is 113 cm³/mol. The Bertz CT molecular complexity index is 340. The summed E-state index contributed by atoms with van der Waals surface area (Å²) in [4.78, 5) is 12.6. The third-order valence-electron chi connectivity index (χ3n) is 3.79. The summed E-state index contributed by atoms with van der Waals surface area (Å²) in [6, 6.07) is 0. The number of likely N-dealkylation sites (N-methyl/N-ethyl adjacent to an activating group) is 1. The van der Waals surface area contributed by atoms with E-state index in [1.807, 2.05) is 6.92 Å². The molecule has 1 amide bonds. The van der Waals surface area contributed by atoms with E-state index in [2.05, 4.69) is 5.32 Å². The summed E-state index contributed by atoms with van der Waals surface area (Å²) in [5.74, 6) is 0. The molecule has 0 aromatic rings. The van der Waals surface area contributed by atoms with Crippen molar-refractivity contribution >= 4 is 6.41 Å². The Morgan fingerprint density at radius 1 is 0.633 bits per heavy atom. The molecule has 0 aliphatic heterocycles. The summed E-state index contributed by atoms with van der Waals surface area (Å²) in [6.07, 6.45) is 0.853. The average Bonchev–Trinajstić information content (AvgIpc) is 2.76. The Hall–Kier alpha value is -0.850. The van der Waals surface area contributed by atoms with Gasteiger partial charge >= 0.3 is 0 Å². The molecule has 10 heteroatoms. The molecule has 0 bridgehead atoms. The Labute approximate surface area is 181 Å². The van der Waals surface area contributed by atoms with Gasteiger partial charge in [0.25, 0.3) is 0 Å². The van der Waals surface area contributed by atoms with Gasteiger partial charge in [0.15, 0.2) is 0 Å². The first kappa shape index (κ1) is 29.1. The van der Waals surface area contributed by atoms with Crippen molar-refractivity contribution in [3.63, 3.8) is 0 Å². The maximum Gasteiger partial charge on any atom is 0.209 e. The van der Waals surface area contributed by atoms with E-state index < -0.39 is 0 Å². The summed E-state index contributed by atoms with van der Waals surface area (Å²) in [7, 11) is 1.64. The molecule has 0 aliphatic rings. The Kier molecular flexibility index (Phi) is 25.4. The van der Waals surface area contributed by atoms with E-state index in [0.29, 0.717) is 99.0 Å². The molecule has 180 valence electrons. The molecule has 0 unspecified atom stereocenters. The molecule has 0 heterocycles. The number of carbonyl (C=O) groups is 1. The van der Waals surface area contributed by atoms with Crippen molar-refractivity contribution in [2.75, 3.05) is 119 Å². The van der Waals surface area contributed by atoms with Gasteiger partial charge in [-0.05, 0) is 6.54 Å². The third-order valence-corrected chi connectivity index (χ3v) is 3.79. The molecule has 0 rings (SSSR count). The van der Waals surface area contributed by atoms with Crippen molar-refractivity contribution in [3.8, 4) is 0 Å². The molecule has 0 aromatic carbocycles. The number of nitrogens with one attached hydrogen (secondary N) is 1. The van der Waals surface area contributed by atoms with Gasteiger partial charge in [-0.15, -0.1) is 0 Å². The third kappa shape index (κ3) is 23.4. The average molecular weight is 439 g/mol. The number of amides is 1. The van der Waals surface area contributed by atoms with Gasteiger partial charge in [-0.1, -0.05) is 6.92 Å². The van der Waals surface area contributed by atoms with Crippen LogP contribution in [0.4, 0.5) is 0 Å². The van der Waals surface area contributed by atoms with Crippen LogP contribution in [0.1, 0.15) is 6.92 Å². The zero-order chi connectivity index (χ0) is 22.0. The molecule has 0 fully saturated rings. The second kappa shape index (κ2) is 26.2. The first-order valence-electron chi connectivity index (χ1n) is 10.7. The predicted octanol–water partition coefficient (Wildman–Crippen LogP) is -0.200. The topological polar surface area (TPSA) is 97.0 Å². The van der Waals surface area contributed by atoms with Crippen molar-refractivity contribution in [1.82, 2.24) is 10.2 Å². The quantitative estimate of drug-likeness (QED) is 0.145. The lowest BCUT2D eigenvalue weighted by Gasteiger charge is -2.17. The van der Waals surface area contributed by atoms with Crippen LogP contribution in [0.5, 0.6) is 0 Å². The molecule has 0 spiro atoms. The van der Waals surface area contributed by atoms with Crippen LogP contribution >= 0.6 is 0 Å². The fourth-order valence-electron chi connectivity index (χ4n) is 2.14. The molecule has 1 N–H and O–H groups in total. The van der Waals surface area contributed by atoms with Crippen LogP contribution in [0.15, 0.2) is 0 Å². The standard InChI is InChI=1S/C20H42N2O8/c1-3-21-4-5-22(20-23)6-7-25-10-11-27-14-15-29-18-19-30-17-16-28-13-12-26-9-8-24-2/h20-21H,3-19H2,1-2H3. The number of ether oxygens (including phenoxy) is 7. The molecule has 0 saturated heterocycles. The largest absolute Gasteiger partial charge is 0.382 e. The van der Waals surface area contributed by atoms with Gasteiger partial charge in [-0.25, -0.2) is 0 Å². The number of carbonyl (C=O) groups excluding carboxylic acids is 1. The van der Waals surface area contributed by atoms with Crippen molar-refractivity contribution in [2.24, 2.45) is 0 Å². The van der Waals surface area contributed by atoms with Crippen molar-refractivity contribution in [3.05, 3.63) is 0 Å². The van der Waals surface area contributed by atoms with Crippen LogP contribution < -0.4 is 5.32 Å². The minimum absolute atomic E-state index is 0.500. The van der Waals surface area contributed by atoms with Gasteiger partial charge in [-0.3, -0.25) is 4.79 Å². The van der Waals surface area contributed by atoms with Crippen LogP contribution in [0.2, 0.25) is 0 Å². The van der Waals surface area contributed by atoms with E-state index in [1.54, 1.807) is 12.0 Å². The molecular formula is C20H42N2O8. The van der Waals surface area contributed by atoms with Crippen LogP contribution in [-0.2, 0) is 38.0 Å². The van der Waals surface area contributed by atoms with Crippen molar-refractivity contribution in [1.29, 1.82) is 0 Å². The highest BCUT2D eigenvalue weighted by Crippen LogP contribution is 1.86. The SMILES string of the molecule is CCNCCN(C=O)CCOCCOCCOCCOCCOCCOCCOC. The van der Waals surface area contributed by atoms with Crippen LogP contribution in [0.3, 0.4) is 0 Å². The fourth-order valence-corrected chi connectivity index (χ4v) is 2.14. The fraction of sp³-hybridized carbons (Fsp3) is 0.950. The summed E-state index contributed by atoms with van der Waals surface area (Å²) in [5.41, 5.74) is 0. The van der Waals surface area contributed by atoms with Gasteiger partial charge in [0.05, 0.1) is 85.9 Å². The highest BCUT2D eigenvalue weighted by atomic mass is 16.6. The second-order valence-corrected chi connectivity index (χ2v) is 6.16. The van der Waals surface area contributed by atoms with E-state index >= 15 is 0 Å². The van der Waals surface area contributed by atoms with E-state index in [-0.39, 0.29) is 0 Å². The van der Waals surface area contributed by atoms with E-state index in [9.17, 15) is 4.79 Å². The Balaban J connectivity index is 3.13.